The van der Waals surface area contributed by atoms with Gasteiger partial charge in [-0.25, -0.2) is 45.1 Å². The molecule has 0 saturated carbocycles. The molecule has 0 radical (unpaired) electrons. The molecule has 0 saturated heterocycles. The number of benzene rings is 3. The predicted octanol–water partition coefficient (Wildman–Crippen LogP) is 13.2. The molecule has 7 aromatic rings. The number of aliphatic hydroxyl groups excluding tert-OH is 1. The largest absolute Gasteiger partial charge is 0.523 e. The van der Waals surface area contributed by atoms with Crippen LogP contribution >= 0.6 is 0 Å². The molecule has 404 valence electrons. The Morgan fingerprint density at radius 1 is 0.620 bits per heavy atom. The molecule has 3 N–H and O–H groups in total. The molecule has 4 heterocycles. The number of fused-ring (bicyclic) bond motifs is 10. The molecule has 0 spiro atoms. The second kappa shape index (κ2) is 22.7. The quantitative estimate of drug-likeness (QED) is 0.113. The lowest BCUT2D eigenvalue weighted by molar-refractivity contribution is -0.121. The SMILES string of the molecule is CNO.C[C@@H]1c2oncc2C[C@]2(C)c3nc(-c4ccccc4)ncc3CC[C@@H]12.[3H]C.[C-]#[N+]C1=C(O)[C@@H](C)[C@@H]2CCc3cnc(-c4ccccc4)nc3[C@@]2(C)C1.[C-]#[N+]C1=C[C@]2(C)c3nc(-c4ccccc4)ncc3CC[C@H]2[C@H](C)C1=O. The van der Waals surface area contributed by atoms with Crippen molar-refractivity contribution < 1.29 is 21.0 Å². The second-order valence-corrected chi connectivity index (χ2v) is 22.5. The molecular weight excluding hydrogens is 985 g/mol. The van der Waals surface area contributed by atoms with Crippen LogP contribution in [0.3, 0.4) is 0 Å². The molecule has 0 unspecified atom stereocenters. The first-order valence-electron chi connectivity index (χ1n) is 28.1. The van der Waals surface area contributed by atoms with E-state index in [1.54, 1.807) is 5.48 Å². The van der Waals surface area contributed by atoms with Crippen molar-refractivity contribution >= 4 is 5.78 Å². The minimum absolute atomic E-state index is 0.00820. The van der Waals surface area contributed by atoms with Crippen LogP contribution in [0.1, 0.15) is 127 Å². The van der Waals surface area contributed by atoms with Crippen LogP contribution in [0, 0.1) is 42.7 Å². The molecular formula is C65H70N10O4. The molecule has 0 fully saturated rings. The van der Waals surface area contributed by atoms with Gasteiger partial charge in [0.1, 0.15) is 5.76 Å². The van der Waals surface area contributed by atoms with Gasteiger partial charge in [-0.3, -0.25) is 0 Å². The Morgan fingerprint density at radius 2 is 1.05 bits per heavy atom. The number of hydrogen-bond donors (Lipinski definition) is 3. The Labute approximate surface area is 465 Å². The number of nitrogens with zero attached hydrogens (tertiary/aromatic N) is 9. The zero-order valence-electron chi connectivity index (χ0n) is 47.4. The number of aryl methyl sites for hydroxylation is 3. The van der Waals surface area contributed by atoms with E-state index in [0.29, 0.717) is 35.7 Å². The van der Waals surface area contributed by atoms with Crippen molar-refractivity contribution in [1.29, 1.82) is 0 Å². The van der Waals surface area contributed by atoms with E-state index in [0.717, 1.165) is 96.0 Å². The van der Waals surface area contributed by atoms with E-state index in [-0.39, 0.29) is 45.8 Å². The van der Waals surface area contributed by atoms with Crippen molar-refractivity contribution in [2.24, 2.45) is 29.6 Å². The maximum Gasteiger partial charge on any atom is 0.226 e. The average Bonchev–Trinajstić information content (AvgIpc) is 4.05. The van der Waals surface area contributed by atoms with E-state index in [2.05, 4.69) is 69.6 Å². The lowest BCUT2D eigenvalue weighted by Gasteiger charge is -2.47. The first kappa shape index (κ1) is 54.3. The summed E-state index contributed by atoms with van der Waals surface area (Å²) in [5, 5.41) is 21.8. The highest BCUT2D eigenvalue weighted by Gasteiger charge is 2.52. The monoisotopic (exact) mass is 1060 g/mol. The number of allylic oxidation sites excluding steroid dienone is 4. The fraction of sp³-hybridized carbons (Fsp3) is 0.385. The van der Waals surface area contributed by atoms with Gasteiger partial charge in [0.2, 0.25) is 11.4 Å². The van der Waals surface area contributed by atoms with Gasteiger partial charge >= 0.3 is 0 Å². The number of aliphatic hydroxyl groups is 1. The molecule has 13 rings (SSSR count). The zero-order chi connectivity index (χ0) is 56.9. The van der Waals surface area contributed by atoms with Gasteiger partial charge in [0.25, 0.3) is 0 Å². The molecule has 0 bridgehead atoms. The third kappa shape index (κ3) is 10.1. The molecule has 4 aromatic heterocycles. The second-order valence-electron chi connectivity index (χ2n) is 22.5. The van der Waals surface area contributed by atoms with Crippen LogP contribution in [-0.2, 0) is 46.7 Å². The van der Waals surface area contributed by atoms with Crippen LogP contribution < -0.4 is 5.48 Å². The molecule has 6 aliphatic carbocycles. The summed E-state index contributed by atoms with van der Waals surface area (Å²) in [6.07, 6.45) is 17.1. The van der Waals surface area contributed by atoms with Crippen molar-refractivity contribution in [3.8, 4) is 34.2 Å². The lowest BCUT2D eigenvalue weighted by Crippen LogP contribution is -2.45. The molecule has 79 heavy (non-hydrogen) atoms. The first-order valence-corrected chi connectivity index (χ1v) is 27.1. The predicted molar refractivity (Wildman–Crippen MR) is 305 cm³/mol. The van der Waals surface area contributed by atoms with Crippen LogP contribution in [0.2, 0.25) is 0 Å². The van der Waals surface area contributed by atoms with Gasteiger partial charge in [0.05, 0.1) is 42.2 Å². The topological polar surface area (TPSA) is 182 Å². The van der Waals surface area contributed by atoms with Crippen LogP contribution in [0.5, 0.6) is 0 Å². The highest BCUT2D eigenvalue weighted by molar-refractivity contribution is 6.00. The molecule has 14 heteroatoms. The Kier molecular flexibility index (Phi) is 15.6. The standard InChI is InChI=1S/2C21H21N3O.C21H19N3O.CH5NO.CH4/c1-13-17-9-8-15-11-22-20(14-6-4-3-5-7-14)24-19(15)21(17,2)10-16-12-23-25-18(13)16;2*1-13-16-10-9-15-12-23-20(14-7-5-4-6-8-14)24-19(15)21(16,2)11-17(22-3)18(13)25;1-2-3;/h3-7,11-13,17H,8-10H2,1-2H3;4-8,12-13,16,25H,9-11H2,1-2H3;4-8,11-13,16H,9-10H2,1-2H3;2-3H,1H3;1H4/t13-,17-,21-;2*13-,16-,21-;;/m000../s1/i;;;;1T. The minimum Gasteiger partial charge on any atom is -0.523 e. The van der Waals surface area contributed by atoms with Gasteiger partial charge in [0, 0.05) is 83.3 Å². The molecule has 3 aromatic carbocycles. The van der Waals surface area contributed by atoms with Crippen molar-refractivity contribution in [2.75, 3.05) is 7.05 Å². The van der Waals surface area contributed by atoms with E-state index in [1.807, 2.05) is 124 Å². The number of rotatable bonds is 3. The van der Waals surface area contributed by atoms with E-state index in [9.17, 15) is 9.90 Å². The summed E-state index contributed by atoms with van der Waals surface area (Å²) in [4.78, 5) is 48.2. The fourth-order valence-corrected chi connectivity index (χ4v) is 14.0. The number of ketones is 1. The van der Waals surface area contributed by atoms with E-state index in [4.69, 9.17) is 39.2 Å². The summed E-state index contributed by atoms with van der Waals surface area (Å²) >= 11 is 0. The van der Waals surface area contributed by atoms with Gasteiger partial charge in [-0.15, -0.1) is 0 Å². The number of hydroxylamine groups is 1. The van der Waals surface area contributed by atoms with Crippen LogP contribution in [0.25, 0.3) is 43.9 Å². The summed E-state index contributed by atoms with van der Waals surface area (Å²) in [7, 11) is 2.68. The smallest absolute Gasteiger partial charge is 0.226 e. The number of carbonyl (C=O) groups is 1. The maximum absolute atomic E-state index is 12.4. The first-order chi connectivity index (χ1) is 38.7. The molecule has 0 amide bonds. The van der Waals surface area contributed by atoms with E-state index in [1.165, 1.54) is 36.8 Å². The average molecular weight is 1060 g/mol. The number of carbonyl (C=O) groups excluding carboxylic acids is 1. The third-order valence-electron chi connectivity index (χ3n) is 17.9. The maximum atomic E-state index is 12.4. The van der Waals surface area contributed by atoms with Gasteiger partial charge in [0.15, 0.2) is 23.3 Å². The molecule has 0 aliphatic heterocycles. The fourth-order valence-electron chi connectivity index (χ4n) is 14.0. The zero-order valence-corrected chi connectivity index (χ0v) is 46.4. The minimum atomic E-state index is -0.396. The summed E-state index contributed by atoms with van der Waals surface area (Å²) in [5.74, 6) is 4.79. The van der Waals surface area contributed by atoms with E-state index >= 15 is 0 Å². The molecule has 9 atom stereocenters. The number of nitrogens with one attached hydrogen (secondary N) is 1. The Morgan fingerprint density at radius 3 is 1.52 bits per heavy atom. The molecule has 14 nitrogen and oxygen atoms in total. The van der Waals surface area contributed by atoms with E-state index < -0.39 is 5.41 Å². The van der Waals surface area contributed by atoms with Crippen molar-refractivity contribution in [1.82, 2.24) is 40.5 Å². The summed E-state index contributed by atoms with van der Waals surface area (Å²) in [6, 6.07) is 30.2. The summed E-state index contributed by atoms with van der Waals surface area (Å²) < 4.78 is 11.3. The van der Waals surface area contributed by atoms with Crippen LogP contribution in [0.15, 0.2) is 144 Å². The van der Waals surface area contributed by atoms with Gasteiger partial charge in [-0.2, -0.15) is 0 Å². The Bertz CT molecular complexity index is 3520. The number of hydrogen-bond acceptors (Lipinski definition) is 12. The number of Topliss-reactive ketones (excluding diaryl/α,β-unsaturated/α-hetero) is 1. The van der Waals surface area contributed by atoms with Crippen molar-refractivity contribution in [2.45, 2.75) is 122 Å². The van der Waals surface area contributed by atoms with Crippen LogP contribution in [-0.4, -0.2) is 58.2 Å². The highest BCUT2D eigenvalue weighted by atomic mass is 16.5. The normalized spacial score (nSPS) is 26.6. The highest BCUT2D eigenvalue weighted by Crippen LogP contribution is 2.55. The van der Waals surface area contributed by atoms with Gasteiger partial charge in [-0.05, 0) is 85.8 Å². The van der Waals surface area contributed by atoms with Gasteiger partial charge < -0.3 is 19.6 Å². The summed E-state index contributed by atoms with van der Waals surface area (Å²) in [6.45, 7) is 27.8. The third-order valence-corrected chi connectivity index (χ3v) is 17.9. The Hall–Kier alpha value is -8.04. The van der Waals surface area contributed by atoms with Gasteiger partial charge in [-0.1, -0.05) is 151 Å². The van der Waals surface area contributed by atoms with Crippen LogP contribution in [0.4, 0.5) is 0 Å². The summed E-state index contributed by atoms with van der Waals surface area (Å²) in [5.41, 5.74) is 13.0. The van der Waals surface area contributed by atoms with Crippen molar-refractivity contribution in [3.05, 3.63) is 207 Å². The lowest BCUT2D eigenvalue weighted by atomic mass is 9.57. The Balaban J connectivity index is 0.000000139. The molecule has 6 aliphatic rings. The number of aromatic nitrogens is 7. The van der Waals surface area contributed by atoms with Crippen molar-refractivity contribution in [3.63, 3.8) is 0 Å².